The summed E-state index contributed by atoms with van der Waals surface area (Å²) in [4.78, 5) is 7.19. The highest BCUT2D eigenvalue weighted by molar-refractivity contribution is 5.78. The summed E-state index contributed by atoms with van der Waals surface area (Å²) in [6, 6.07) is 17.8. The molecule has 5 heteroatoms. The van der Waals surface area contributed by atoms with Crippen molar-refractivity contribution in [2.24, 2.45) is 5.11 Å². The van der Waals surface area contributed by atoms with E-state index in [0.717, 1.165) is 16.6 Å². The van der Waals surface area contributed by atoms with Crippen molar-refractivity contribution in [2.75, 3.05) is 0 Å². The SMILES string of the molecule is [N-]=[N+]=Nc1nc2ccccc2n1Cc1ccccc1. The van der Waals surface area contributed by atoms with Crippen molar-refractivity contribution in [2.45, 2.75) is 6.54 Å². The Morgan fingerprint density at radius 2 is 1.79 bits per heavy atom. The largest absolute Gasteiger partial charge is 0.318 e. The van der Waals surface area contributed by atoms with Crippen LogP contribution in [-0.4, -0.2) is 9.55 Å². The van der Waals surface area contributed by atoms with E-state index in [1.165, 1.54) is 0 Å². The number of benzene rings is 2. The Kier molecular flexibility index (Phi) is 2.88. The monoisotopic (exact) mass is 249 g/mol. The topological polar surface area (TPSA) is 66.6 Å². The van der Waals surface area contributed by atoms with E-state index >= 15 is 0 Å². The summed E-state index contributed by atoms with van der Waals surface area (Å²) in [6.45, 7) is 0.635. The lowest BCUT2D eigenvalue weighted by Gasteiger charge is -2.06. The van der Waals surface area contributed by atoms with E-state index in [2.05, 4.69) is 15.0 Å². The zero-order valence-electron chi connectivity index (χ0n) is 10.1. The van der Waals surface area contributed by atoms with E-state index in [1.807, 2.05) is 59.2 Å². The molecule has 0 aliphatic rings. The fraction of sp³-hybridized carbons (Fsp3) is 0.0714. The molecule has 2 aromatic carbocycles. The number of rotatable bonds is 3. The number of para-hydroxylation sites is 2. The van der Waals surface area contributed by atoms with Gasteiger partial charge < -0.3 is 4.57 Å². The quantitative estimate of drug-likeness (QED) is 0.392. The van der Waals surface area contributed by atoms with Gasteiger partial charge in [0.25, 0.3) is 0 Å². The molecule has 3 aromatic rings. The van der Waals surface area contributed by atoms with Gasteiger partial charge in [0, 0.05) is 11.5 Å². The second-order valence-corrected chi connectivity index (χ2v) is 4.16. The van der Waals surface area contributed by atoms with Gasteiger partial charge >= 0.3 is 0 Å². The van der Waals surface area contributed by atoms with Crippen molar-refractivity contribution in [3.8, 4) is 0 Å². The molecule has 19 heavy (non-hydrogen) atoms. The van der Waals surface area contributed by atoms with Gasteiger partial charge in [0.2, 0.25) is 0 Å². The van der Waals surface area contributed by atoms with Crippen molar-refractivity contribution in [1.29, 1.82) is 0 Å². The molecule has 0 aliphatic carbocycles. The third-order valence-corrected chi connectivity index (χ3v) is 2.95. The molecule has 0 spiro atoms. The molecule has 0 atom stereocenters. The minimum absolute atomic E-state index is 0.396. The Hall–Kier alpha value is -2.78. The molecule has 92 valence electrons. The zero-order valence-corrected chi connectivity index (χ0v) is 10.1. The van der Waals surface area contributed by atoms with Crippen molar-refractivity contribution in [3.63, 3.8) is 0 Å². The van der Waals surface area contributed by atoms with Crippen LogP contribution >= 0.6 is 0 Å². The van der Waals surface area contributed by atoms with Crippen molar-refractivity contribution in [3.05, 3.63) is 70.6 Å². The summed E-state index contributed by atoms with van der Waals surface area (Å²) >= 11 is 0. The molecule has 5 nitrogen and oxygen atoms in total. The molecule has 3 rings (SSSR count). The van der Waals surface area contributed by atoms with E-state index in [4.69, 9.17) is 5.53 Å². The predicted molar refractivity (Wildman–Crippen MR) is 74.1 cm³/mol. The van der Waals surface area contributed by atoms with Gasteiger partial charge in [0.15, 0.2) is 5.95 Å². The van der Waals surface area contributed by atoms with Gasteiger partial charge in [-0.1, -0.05) is 42.5 Å². The second kappa shape index (κ2) is 4.84. The molecule has 1 aromatic heterocycles. The van der Waals surface area contributed by atoms with Crippen molar-refractivity contribution >= 4 is 17.0 Å². The maximum Gasteiger partial charge on any atom is 0.198 e. The average molecular weight is 249 g/mol. The summed E-state index contributed by atoms with van der Waals surface area (Å²) in [5.41, 5.74) is 11.6. The molecule has 1 heterocycles. The number of imidazole rings is 1. The van der Waals surface area contributed by atoms with Gasteiger partial charge in [-0.3, -0.25) is 0 Å². The first-order valence-corrected chi connectivity index (χ1v) is 5.93. The summed E-state index contributed by atoms with van der Waals surface area (Å²) in [6.07, 6.45) is 0. The lowest BCUT2D eigenvalue weighted by atomic mass is 10.2. The summed E-state index contributed by atoms with van der Waals surface area (Å²) in [7, 11) is 0. The number of aromatic nitrogens is 2. The molecular formula is C14H11N5. The lowest BCUT2D eigenvalue weighted by Crippen LogP contribution is -1.98. The van der Waals surface area contributed by atoms with Gasteiger partial charge in [0.05, 0.1) is 11.0 Å². The van der Waals surface area contributed by atoms with E-state index < -0.39 is 0 Å². The van der Waals surface area contributed by atoms with Crippen LogP contribution in [0.25, 0.3) is 21.5 Å². The number of hydrogen-bond acceptors (Lipinski definition) is 2. The highest BCUT2D eigenvalue weighted by Crippen LogP contribution is 2.23. The third-order valence-electron chi connectivity index (χ3n) is 2.95. The van der Waals surface area contributed by atoms with Crippen LogP contribution in [0.1, 0.15) is 5.56 Å². The maximum atomic E-state index is 8.64. The fourth-order valence-corrected chi connectivity index (χ4v) is 2.10. The van der Waals surface area contributed by atoms with E-state index in [-0.39, 0.29) is 0 Å². The van der Waals surface area contributed by atoms with Crippen LogP contribution in [0.4, 0.5) is 5.95 Å². The number of nitrogens with zero attached hydrogens (tertiary/aromatic N) is 5. The van der Waals surface area contributed by atoms with Gasteiger partial charge in [-0.05, 0) is 28.3 Å². The number of azide groups is 1. The second-order valence-electron chi connectivity index (χ2n) is 4.16. The molecule has 0 amide bonds. The van der Waals surface area contributed by atoms with Gasteiger partial charge in [-0.15, -0.1) is 0 Å². The Balaban J connectivity index is 2.15. The minimum Gasteiger partial charge on any atom is -0.318 e. The predicted octanol–water partition coefficient (Wildman–Crippen LogP) is 4.03. The highest BCUT2D eigenvalue weighted by Gasteiger charge is 2.08. The van der Waals surface area contributed by atoms with Crippen LogP contribution in [-0.2, 0) is 6.54 Å². The van der Waals surface area contributed by atoms with Crippen LogP contribution in [0.3, 0.4) is 0 Å². The van der Waals surface area contributed by atoms with E-state index in [1.54, 1.807) is 0 Å². The van der Waals surface area contributed by atoms with Crippen LogP contribution in [0, 0.1) is 0 Å². The first-order valence-electron chi connectivity index (χ1n) is 5.93. The molecule has 0 aliphatic heterocycles. The van der Waals surface area contributed by atoms with E-state index in [0.29, 0.717) is 12.5 Å². The van der Waals surface area contributed by atoms with Crippen molar-refractivity contribution in [1.82, 2.24) is 9.55 Å². The van der Waals surface area contributed by atoms with Gasteiger partial charge in [-0.2, -0.15) is 0 Å². The highest BCUT2D eigenvalue weighted by atomic mass is 15.3. The Labute approximate surface area is 109 Å². The Bertz CT molecular complexity index is 754. The molecule has 0 N–H and O–H groups in total. The summed E-state index contributed by atoms with van der Waals surface area (Å²) in [5.74, 6) is 0.396. The van der Waals surface area contributed by atoms with Crippen LogP contribution in [0.5, 0.6) is 0 Å². The van der Waals surface area contributed by atoms with Gasteiger partial charge in [0.1, 0.15) is 0 Å². The first-order chi connectivity index (χ1) is 9.38. The molecule has 0 saturated carbocycles. The van der Waals surface area contributed by atoms with Crippen LogP contribution in [0.2, 0.25) is 0 Å². The summed E-state index contributed by atoms with van der Waals surface area (Å²) < 4.78 is 1.92. The molecular weight excluding hydrogens is 238 g/mol. The molecule has 0 fully saturated rings. The first kappa shape index (κ1) is 11.3. The standard InChI is InChI=1S/C14H11N5/c15-18-17-14-16-12-8-4-5-9-13(12)19(14)10-11-6-2-1-3-7-11/h1-9H,10H2. The fourth-order valence-electron chi connectivity index (χ4n) is 2.10. The lowest BCUT2D eigenvalue weighted by molar-refractivity contribution is 0.824. The smallest absolute Gasteiger partial charge is 0.198 e. The average Bonchev–Trinajstić information content (AvgIpc) is 2.79. The molecule has 0 saturated heterocycles. The molecule has 0 unspecified atom stereocenters. The normalized spacial score (nSPS) is 10.3. The van der Waals surface area contributed by atoms with Crippen LogP contribution < -0.4 is 0 Å². The van der Waals surface area contributed by atoms with Gasteiger partial charge in [-0.25, -0.2) is 4.98 Å². The Morgan fingerprint density at radius 1 is 1.05 bits per heavy atom. The Morgan fingerprint density at radius 3 is 2.58 bits per heavy atom. The number of fused-ring (bicyclic) bond motifs is 1. The zero-order chi connectivity index (χ0) is 13.1. The minimum atomic E-state index is 0.396. The van der Waals surface area contributed by atoms with Crippen LogP contribution in [0.15, 0.2) is 59.7 Å². The van der Waals surface area contributed by atoms with Crippen molar-refractivity contribution < 1.29 is 0 Å². The molecule has 0 radical (unpaired) electrons. The maximum absolute atomic E-state index is 8.64. The third kappa shape index (κ3) is 2.14. The molecule has 0 bridgehead atoms. The van der Waals surface area contributed by atoms with E-state index in [9.17, 15) is 0 Å². The number of hydrogen-bond donors (Lipinski definition) is 0. The summed E-state index contributed by atoms with van der Waals surface area (Å²) in [5, 5.41) is 3.67.